The van der Waals surface area contributed by atoms with Gasteiger partial charge in [0.15, 0.2) is 9.84 Å². The molecule has 0 aromatic heterocycles. The molecule has 2 saturated heterocycles. The van der Waals surface area contributed by atoms with Gasteiger partial charge in [-0.25, -0.2) is 8.42 Å². The highest BCUT2D eigenvalue weighted by Crippen LogP contribution is 2.33. The maximum Gasteiger partial charge on any atom is 0.152 e. The Hall–Kier alpha value is -0.130. The lowest BCUT2D eigenvalue weighted by Gasteiger charge is -2.43. The predicted molar refractivity (Wildman–Crippen MR) is 74.3 cm³/mol. The number of rotatable bonds is 4. The van der Waals surface area contributed by atoms with Crippen LogP contribution in [-0.2, 0) is 9.84 Å². The zero-order valence-electron chi connectivity index (χ0n) is 11.4. The van der Waals surface area contributed by atoms with Crippen LogP contribution >= 0.6 is 0 Å². The fourth-order valence-corrected chi connectivity index (χ4v) is 5.64. The molecular weight excluding hydrogens is 248 g/mol. The Morgan fingerprint density at radius 3 is 2.44 bits per heavy atom. The monoisotopic (exact) mass is 274 g/mol. The zero-order chi connectivity index (χ0) is 13.2. The highest BCUT2D eigenvalue weighted by atomic mass is 32.2. The van der Waals surface area contributed by atoms with Crippen molar-refractivity contribution in [2.45, 2.75) is 44.6 Å². The molecule has 1 atom stereocenters. The molecule has 0 spiro atoms. The van der Waals surface area contributed by atoms with Gasteiger partial charge in [-0.2, -0.15) is 0 Å². The first-order valence-corrected chi connectivity index (χ1v) is 8.99. The SMILES string of the molecule is CCCC1CCN(C2(CN)CCS(=O)(=O)C2)CC1. The van der Waals surface area contributed by atoms with Gasteiger partial charge in [-0.3, -0.25) is 4.90 Å². The predicted octanol–water partition coefficient (Wildman–Crippen LogP) is 1.01. The molecule has 18 heavy (non-hydrogen) atoms. The average molecular weight is 274 g/mol. The molecule has 0 aromatic carbocycles. The Labute approximate surface area is 111 Å². The van der Waals surface area contributed by atoms with Crippen molar-refractivity contribution in [3.63, 3.8) is 0 Å². The fraction of sp³-hybridized carbons (Fsp3) is 1.00. The first-order chi connectivity index (χ1) is 8.51. The van der Waals surface area contributed by atoms with Crippen molar-refractivity contribution in [3.05, 3.63) is 0 Å². The fourth-order valence-electron chi connectivity index (χ4n) is 3.54. The molecule has 4 nitrogen and oxygen atoms in total. The van der Waals surface area contributed by atoms with Crippen LogP contribution in [0.5, 0.6) is 0 Å². The number of piperidine rings is 1. The maximum atomic E-state index is 11.7. The molecule has 0 amide bonds. The normalized spacial score (nSPS) is 33.9. The third-order valence-electron chi connectivity index (χ3n) is 4.73. The van der Waals surface area contributed by atoms with Crippen LogP contribution in [0, 0.1) is 5.92 Å². The van der Waals surface area contributed by atoms with Crippen molar-refractivity contribution in [2.24, 2.45) is 11.7 Å². The van der Waals surface area contributed by atoms with E-state index in [4.69, 9.17) is 5.73 Å². The van der Waals surface area contributed by atoms with Gasteiger partial charge < -0.3 is 5.73 Å². The number of hydrogen-bond donors (Lipinski definition) is 1. The van der Waals surface area contributed by atoms with Gasteiger partial charge >= 0.3 is 0 Å². The Balaban J connectivity index is 1.99. The largest absolute Gasteiger partial charge is 0.329 e. The Morgan fingerprint density at radius 1 is 1.33 bits per heavy atom. The van der Waals surface area contributed by atoms with Gasteiger partial charge in [-0.1, -0.05) is 19.8 Å². The van der Waals surface area contributed by atoms with Gasteiger partial charge in [-0.15, -0.1) is 0 Å². The van der Waals surface area contributed by atoms with Crippen molar-refractivity contribution in [1.82, 2.24) is 4.90 Å². The van der Waals surface area contributed by atoms with Gasteiger partial charge in [0.2, 0.25) is 0 Å². The second kappa shape index (κ2) is 5.47. The first kappa shape index (κ1) is 14.3. The molecule has 2 aliphatic rings. The second-order valence-corrected chi connectivity index (χ2v) is 8.17. The van der Waals surface area contributed by atoms with Crippen LogP contribution in [0.3, 0.4) is 0 Å². The molecule has 2 aliphatic heterocycles. The molecule has 2 rings (SSSR count). The first-order valence-electron chi connectivity index (χ1n) is 7.17. The van der Waals surface area contributed by atoms with E-state index in [1.807, 2.05) is 0 Å². The van der Waals surface area contributed by atoms with E-state index in [0.29, 0.717) is 12.3 Å². The Morgan fingerprint density at radius 2 is 2.00 bits per heavy atom. The van der Waals surface area contributed by atoms with Crippen LogP contribution in [0.2, 0.25) is 0 Å². The summed E-state index contributed by atoms with van der Waals surface area (Å²) in [6.45, 7) is 4.76. The van der Waals surface area contributed by atoms with E-state index < -0.39 is 9.84 Å². The topological polar surface area (TPSA) is 63.4 Å². The highest BCUT2D eigenvalue weighted by Gasteiger charge is 2.46. The van der Waals surface area contributed by atoms with Crippen LogP contribution in [0.1, 0.15) is 39.0 Å². The van der Waals surface area contributed by atoms with Gasteiger partial charge in [0.05, 0.1) is 11.5 Å². The molecule has 0 radical (unpaired) electrons. The maximum absolute atomic E-state index is 11.7. The Kier molecular flexibility index (Phi) is 4.34. The van der Waals surface area contributed by atoms with E-state index in [1.165, 1.54) is 25.7 Å². The van der Waals surface area contributed by atoms with Crippen molar-refractivity contribution in [3.8, 4) is 0 Å². The number of hydrogen-bond acceptors (Lipinski definition) is 4. The van der Waals surface area contributed by atoms with Gasteiger partial charge in [0.1, 0.15) is 0 Å². The summed E-state index contributed by atoms with van der Waals surface area (Å²) in [5.41, 5.74) is 5.65. The van der Waals surface area contributed by atoms with E-state index in [9.17, 15) is 8.42 Å². The lowest BCUT2D eigenvalue weighted by molar-refractivity contribution is 0.0703. The summed E-state index contributed by atoms with van der Waals surface area (Å²) < 4.78 is 23.5. The van der Waals surface area contributed by atoms with Crippen LogP contribution in [0.25, 0.3) is 0 Å². The highest BCUT2D eigenvalue weighted by molar-refractivity contribution is 7.91. The molecule has 2 fully saturated rings. The molecule has 1 unspecified atom stereocenters. The van der Waals surface area contributed by atoms with Gasteiger partial charge in [-0.05, 0) is 38.3 Å². The molecule has 0 saturated carbocycles. The summed E-state index contributed by atoms with van der Waals surface area (Å²) in [5, 5.41) is 0. The standard InChI is InChI=1S/C13H26N2O2S/c1-2-3-12-4-7-15(8-5-12)13(10-14)6-9-18(16,17)11-13/h12H,2-11,14H2,1H3. The number of nitrogens with zero attached hydrogens (tertiary/aromatic N) is 1. The summed E-state index contributed by atoms with van der Waals surface area (Å²) in [4.78, 5) is 2.36. The van der Waals surface area contributed by atoms with E-state index >= 15 is 0 Å². The van der Waals surface area contributed by atoms with Gasteiger partial charge in [0, 0.05) is 12.1 Å². The van der Waals surface area contributed by atoms with E-state index in [-0.39, 0.29) is 11.3 Å². The molecule has 0 aromatic rings. The van der Waals surface area contributed by atoms with Crippen molar-refractivity contribution in [1.29, 1.82) is 0 Å². The summed E-state index contributed by atoms with van der Waals surface area (Å²) in [6.07, 6.45) is 5.69. The van der Waals surface area contributed by atoms with E-state index in [1.54, 1.807) is 0 Å². The third-order valence-corrected chi connectivity index (χ3v) is 6.53. The summed E-state index contributed by atoms with van der Waals surface area (Å²) in [6, 6.07) is 0. The van der Waals surface area contributed by atoms with Crippen LogP contribution in [0.15, 0.2) is 0 Å². The Bertz CT molecular complexity index is 374. The summed E-state index contributed by atoms with van der Waals surface area (Å²) in [5.74, 6) is 1.42. The number of nitrogens with two attached hydrogens (primary N) is 1. The minimum absolute atomic E-state index is 0.254. The minimum atomic E-state index is -2.86. The van der Waals surface area contributed by atoms with Gasteiger partial charge in [0.25, 0.3) is 0 Å². The molecule has 0 aliphatic carbocycles. The number of likely N-dealkylation sites (tertiary alicyclic amines) is 1. The zero-order valence-corrected chi connectivity index (χ0v) is 12.2. The third kappa shape index (κ3) is 2.89. The molecule has 0 bridgehead atoms. The van der Waals surface area contributed by atoms with Crippen LogP contribution in [-0.4, -0.2) is 50.0 Å². The average Bonchev–Trinajstić information content (AvgIpc) is 2.68. The minimum Gasteiger partial charge on any atom is -0.329 e. The molecule has 2 N–H and O–H groups in total. The van der Waals surface area contributed by atoms with Crippen molar-refractivity contribution < 1.29 is 8.42 Å². The van der Waals surface area contributed by atoms with Crippen LogP contribution in [0.4, 0.5) is 0 Å². The smallest absolute Gasteiger partial charge is 0.152 e. The molecule has 5 heteroatoms. The lowest BCUT2D eigenvalue weighted by Crippen LogP contribution is -2.57. The molecular formula is C13H26N2O2S. The van der Waals surface area contributed by atoms with Crippen molar-refractivity contribution in [2.75, 3.05) is 31.1 Å². The number of sulfone groups is 1. The molecule has 106 valence electrons. The quantitative estimate of drug-likeness (QED) is 0.831. The van der Waals surface area contributed by atoms with Crippen molar-refractivity contribution >= 4 is 9.84 Å². The summed E-state index contributed by atoms with van der Waals surface area (Å²) in [7, 11) is -2.86. The molecule has 2 heterocycles. The van der Waals surface area contributed by atoms with E-state index in [2.05, 4.69) is 11.8 Å². The van der Waals surface area contributed by atoms with E-state index in [0.717, 1.165) is 25.4 Å². The summed E-state index contributed by atoms with van der Waals surface area (Å²) >= 11 is 0. The second-order valence-electron chi connectivity index (χ2n) is 5.99. The lowest BCUT2D eigenvalue weighted by atomic mass is 9.88. The van der Waals surface area contributed by atoms with Crippen LogP contribution < -0.4 is 5.73 Å².